The zero-order valence-corrected chi connectivity index (χ0v) is 27.5. The number of aromatic nitrogens is 2. The minimum atomic E-state index is -1.32. The first-order valence-electron chi connectivity index (χ1n) is 16.8. The fraction of sp³-hybridized carbons (Fsp3) is 0.351. The Kier molecular flexibility index (Phi) is 11.5. The predicted molar refractivity (Wildman–Crippen MR) is 186 cm³/mol. The number of ether oxygens (including phenoxy) is 3. The molecule has 0 aliphatic carbocycles. The maximum atomic E-state index is 13.9. The standard InChI is InChI=1S/C37H40FN5O7/c38-27-9-7-24(8-10-27)29-21-30(41-34(45)23-33(44)25-4-3-5-26(20-25)36-39-13-14-40-36)31(42-37(46)47)22-32(29)43-15-11-28(12-16-43)48-18-19-50-35-6-1-2-17-49-35/h3-5,7-10,13-14,20-22,28,35,42H,1-2,6,11-12,15-19,23H2,(H,39,40)(H,41,45)(H,46,47). The summed E-state index contributed by atoms with van der Waals surface area (Å²) in [7, 11) is 0. The van der Waals surface area contributed by atoms with Gasteiger partial charge in [0.05, 0.1) is 37.1 Å². The number of anilines is 3. The number of hydrogen-bond acceptors (Lipinski definition) is 8. The average Bonchev–Trinajstić information content (AvgIpc) is 3.67. The van der Waals surface area contributed by atoms with Gasteiger partial charge < -0.3 is 34.5 Å². The van der Waals surface area contributed by atoms with Crippen molar-refractivity contribution in [2.45, 2.75) is 50.9 Å². The second kappa shape index (κ2) is 16.5. The number of piperidine rings is 1. The SMILES string of the molecule is O=C(O)Nc1cc(N2CCC(OCCOC3CCCCO3)CC2)c(-c2ccc(F)cc2)cc1NC(=O)CC(=O)c1cccc(-c2ncc[nH]2)c1. The normalized spacial score (nSPS) is 16.6. The monoisotopic (exact) mass is 685 g/mol. The Morgan fingerprint density at radius 2 is 1.72 bits per heavy atom. The summed E-state index contributed by atoms with van der Waals surface area (Å²) in [5.41, 5.74) is 3.37. The molecule has 0 saturated carbocycles. The van der Waals surface area contributed by atoms with Crippen LogP contribution in [0, 0.1) is 5.82 Å². The highest BCUT2D eigenvalue weighted by atomic mass is 19.1. The van der Waals surface area contributed by atoms with Crippen LogP contribution in [0.2, 0.25) is 0 Å². The number of ketones is 1. The van der Waals surface area contributed by atoms with E-state index in [1.165, 1.54) is 12.1 Å². The van der Waals surface area contributed by atoms with Crippen LogP contribution in [-0.4, -0.2) is 78.2 Å². The van der Waals surface area contributed by atoms with Crippen molar-refractivity contribution < 1.29 is 38.1 Å². The third-order valence-electron chi connectivity index (χ3n) is 8.75. The summed E-state index contributed by atoms with van der Waals surface area (Å²) in [5.74, 6) is -0.854. The van der Waals surface area contributed by atoms with Crippen LogP contribution in [0.15, 0.2) is 73.1 Å². The number of nitrogens with one attached hydrogen (secondary N) is 3. The van der Waals surface area contributed by atoms with Crippen LogP contribution in [0.4, 0.5) is 26.2 Å². The summed E-state index contributed by atoms with van der Waals surface area (Å²) < 4.78 is 31.4. The van der Waals surface area contributed by atoms with Gasteiger partial charge in [0.15, 0.2) is 12.1 Å². The lowest BCUT2D eigenvalue weighted by atomic mass is 9.98. The Bertz CT molecular complexity index is 1770. The van der Waals surface area contributed by atoms with E-state index >= 15 is 0 Å². The molecule has 2 saturated heterocycles. The van der Waals surface area contributed by atoms with Crippen molar-refractivity contribution in [2.24, 2.45) is 0 Å². The molecular weight excluding hydrogens is 645 g/mol. The largest absolute Gasteiger partial charge is 0.465 e. The van der Waals surface area contributed by atoms with E-state index in [1.54, 1.807) is 60.9 Å². The minimum absolute atomic E-state index is 0.0314. The number of rotatable bonds is 13. The van der Waals surface area contributed by atoms with Gasteiger partial charge >= 0.3 is 6.09 Å². The molecule has 1 unspecified atom stereocenters. The van der Waals surface area contributed by atoms with Crippen molar-refractivity contribution in [1.82, 2.24) is 9.97 Å². The molecule has 12 nitrogen and oxygen atoms in total. The lowest BCUT2D eigenvalue weighted by Crippen LogP contribution is -2.38. The van der Waals surface area contributed by atoms with Gasteiger partial charge in [0.1, 0.15) is 11.6 Å². The molecule has 6 rings (SSSR count). The second-order valence-corrected chi connectivity index (χ2v) is 12.2. The van der Waals surface area contributed by atoms with Gasteiger partial charge in [-0.25, -0.2) is 14.2 Å². The third-order valence-corrected chi connectivity index (χ3v) is 8.75. The van der Waals surface area contributed by atoms with Gasteiger partial charge in [-0.1, -0.05) is 30.3 Å². The van der Waals surface area contributed by atoms with E-state index in [1.807, 2.05) is 0 Å². The zero-order chi connectivity index (χ0) is 34.9. The van der Waals surface area contributed by atoms with Crippen LogP contribution in [0.3, 0.4) is 0 Å². The molecule has 2 fully saturated rings. The van der Waals surface area contributed by atoms with Crippen molar-refractivity contribution in [1.29, 1.82) is 0 Å². The van der Waals surface area contributed by atoms with Gasteiger partial charge in [0.25, 0.3) is 0 Å². The highest BCUT2D eigenvalue weighted by Gasteiger charge is 2.25. The highest BCUT2D eigenvalue weighted by Crippen LogP contribution is 2.40. The van der Waals surface area contributed by atoms with E-state index in [0.717, 1.165) is 38.7 Å². The summed E-state index contributed by atoms with van der Waals surface area (Å²) in [5, 5.41) is 14.8. The minimum Gasteiger partial charge on any atom is -0.465 e. The van der Waals surface area contributed by atoms with Gasteiger partial charge in [-0.2, -0.15) is 0 Å². The van der Waals surface area contributed by atoms with Crippen LogP contribution in [0.5, 0.6) is 0 Å². The van der Waals surface area contributed by atoms with Gasteiger partial charge in [0.2, 0.25) is 5.91 Å². The molecule has 4 N–H and O–H groups in total. The molecule has 2 amide bonds. The number of H-pyrrole nitrogens is 1. The Morgan fingerprint density at radius 3 is 2.44 bits per heavy atom. The summed E-state index contributed by atoms with van der Waals surface area (Å²) in [6.07, 6.45) is 5.87. The highest BCUT2D eigenvalue weighted by molar-refractivity contribution is 6.12. The zero-order valence-electron chi connectivity index (χ0n) is 27.5. The van der Waals surface area contributed by atoms with E-state index in [2.05, 4.69) is 25.5 Å². The average molecular weight is 686 g/mol. The topological polar surface area (TPSA) is 155 Å². The number of aromatic amines is 1. The summed E-state index contributed by atoms with van der Waals surface area (Å²) in [6.45, 7) is 2.89. The quantitative estimate of drug-likeness (QED) is 0.0683. The van der Waals surface area contributed by atoms with Gasteiger partial charge in [-0.05, 0) is 68.0 Å². The molecule has 0 radical (unpaired) electrons. The Hall–Kier alpha value is -5.11. The number of nitrogens with zero attached hydrogens (tertiary/aromatic N) is 2. The smallest absolute Gasteiger partial charge is 0.409 e. The number of carbonyl (C=O) groups excluding carboxylic acids is 2. The van der Waals surface area contributed by atoms with Crippen LogP contribution in [0.25, 0.3) is 22.5 Å². The lowest BCUT2D eigenvalue weighted by molar-refractivity contribution is -0.171. The number of carboxylic acid groups (broad SMARTS) is 1. The van der Waals surface area contributed by atoms with Gasteiger partial charge in [0, 0.05) is 54.5 Å². The molecule has 13 heteroatoms. The number of amides is 2. The number of carbonyl (C=O) groups is 3. The second-order valence-electron chi connectivity index (χ2n) is 12.2. The molecular formula is C37H40FN5O7. The molecule has 2 aliphatic heterocycles. The van der Waals surface area contributed by atoms with E-state index in [9.17, 15) is 23.9 Å². The number of Topliss-reactive ketones (excluding diaryl/α,β-unsaturated/α-hetero) is 1. The fourth-order valence-corrected chi connectivity index (χ4v) is 6.24. The van der Waals surface area contributed by atoms with Crippen LogP contribution >= 0.6 is 0 Å². The molecule has 1 aromatic heterocycles. The van der Waals surface area contributed by atoms with E-state index in [4.69, 9.17) is 14.2 Å². The first kappa shape index (κ1) is 34.7. The van der Waals surface area contributed by atoms with Gasteiger partial charge in [-0.15, -0.1) is 0 Å². The number of halogens is 1. The molecule has 4 aromatic rings. The molecule has 262 valence electrons. The molecule has 0 spiro atoms. The number of imidazole rings is 1. The molecule has 3 heterocycles. The van der Waals surface area contributed by atoms with Crippen LogP contribution < -0.4 is 15.5 Å². The van der Waals surface area contributed by atoms with E-state index in [-0.39, 0.29) is 23.8 Å². The maximum absolute atomic E-state index is 13.9. The Balaban J connectivity index is 1.17. The predicted octanol–water partition coefficient (Wildman–Crippen LogP) is 6.71. The molecule has 1 atom stereocenters. The van der Waals surface area contributed by atoms with Crippen molar-refractivity contribution in [2.75, 3.05) is 48.4 Å². The molecule has 50 heavy (non-hydrogen) atoms. The summed E-state index contributed by atoms with van der Waals surface area (Å²) >= 11 is 0. The van der Waals surface area contributed by atoms with Crippen LogP contribution in [0.1, 0.15) is 48.9 Å². The van der Waals surface area contributed by atoms with Crippen molar-refractivity contribution >= 4 is 34.8 Å². The molecule has 3 aromatic carbocycles. The number of benzene rings is 3. The Morgan fingerprint density at radius 1 is 0.940 bits per heavy atom. The first-order valence-corrected chi connectivity index (χ1v) is 16.8. The third kappa shape index (κ3) is 9.11. The first-order chi connectivity index (χ1) is 24.3. The van der Waals surface area contributed by atoms with E-state index < -0.39 is 30.0 Å². The van der Waals surface area contributed by atoms with Crippen LogP contribution in [-0.2, 0) is 19.0 Å². The lowest BCUT2D eigenvalue weighted by Gasteiger charge is -2.35. The van der Waals surface area contributed by atoms with Crippen molar-refractivity contribution in [3.8, 4) is 22.5 Å². The van der Waals surface area contributed by atoms with Crippen molar-refractivity contribution in [3.05, 3.63) is 84.4 Å². The van der Waals surface area contributed by atoms with Crippen molar-refractivity contribution in [3.63, 3.8) is 0 Å². The molecule has 0 bridgehead atoms. The number of hydrogen-bond donors (Lipinski definition) is 4. The van der Waals surface area contributed by atoms with E-state index in [0.29, 0.717) is 60.1 Å². The maximum Gasteiger partial charge on any atom is 0.409 e. The molecule has 2 aliphatic rings. The fourth-order valence-electron chi connectivity index (χ4n) is 6.24. The van der Waals surface area contributed by atoms with Gasteiger partial charge in [-0.3, -0.25) is 14.9 Å². The Labute approximate surface area is 289 Å². The summed E-state index contributed by atoms with van der Waals surface area (Å²) in [4.78, 5) is 47.6. The summed E-state index contributed by atoms with van der Waals surface area (Å²) in [6, 6.07) is 16.1.